The average molecular weight is 401 g/mol. The number of ether oxygens (including phenoxy) is 1. The van der Waals surface area contributed by atoms with Crippen LogP contribution in [0.1, 0.15) is 29.2 Å². The lowest BCUT2D eigenvalue weighted by Crippen LogP contribution is -2.25. The number of fused-ring (bicyclic) bond motifs is 2. The summed E-state index contributed by atoms with van der Waals surface area (Å²) in [5.74, 6) is 1.81. The number of benzene rings is 1. The molecule has 1 unspecified atom stereocenters. The van der Waals surface area contributed by atoms with Crippen molar-refractivity contribution in [3.05, 3.63) is 72.2 Å². The number of nitrogens with one attached hydrogen (secondary N) is 1. The first-order valence-electron chi connectivity index (χ1n) is 9.54. The number of hydrogen-bond donors (Lipinski definition) is 1. The van der Waals surface area contributed by atoms with Gasteiger partial charge in [-0.3, -0.25) is 4.79 Å². The maximum atomic E-state index is 12.5. The Bertz CT molecular complexity index is 1260. The largest absolute Gasteiger partial charge is 0.490 e. The Kier molecular flexibility index (Phi) is 4.27. The zero-order valence-corrected chi connectivity index (χ0v) is 16.3. The minimum absolute atomic E-state index is 0.0639. The van der Waals surface area contributed by atoms with Gasteiger partial charge in [-0.1, -0.05) is 24.8 Å². The van der Waals surface area contributed by atoms with Crippen molar-refractivity contribution in [3.8, 4) is 11.6 Å². The zero-order valence-electron chi connectivity index (χ0n) is 16.3. The van der Waals surface area contributed by atoms with Crippen molar-refractivity contribution in [3.63, 3.8) is 0 Å². The van der Waals surface area contributed by atoms with Crippen LogP contribution in [0.4, 0.5) is 5.82 Å². The van der Waals surface area contributed by atoms with Gasteiger partial charge in [0.05, 0.1) is 5.69 Å². The molecule has 0 saturated heterocycles. The summed E-state index contributed by atoms with van der Waals surface area (Å²) in [5, 5.41) is 20.0. The van der Waals surface area contributed by atoms with Crippen LogP contribution < -0.4 is 10.1 Å². The fourth-order valence-electron chi connectivity index (χ4n) is 3.78. The summed E-state index contributed by atoms with van der Waals surface area (Å²) in [4.78, 5) is 12.5. The predicted molar refractivity (Wildman–Crippen MR) is 110 cm³/mol. The Morgan fingerprint density at radius 2 is 2.07 bits per heavy atom. The van der Waals surface area contributed by atoms with E-state index in [1.54, 1.807) is 21.3 Å². The summed E-state index contributed by atoms with van der Waals surface area (Å²) < 4.78 is 8.80. The molecule has 4 heterocycles. The van der Waals surface area contributed by atoms with Gasteiger partial charge in [-0.15, -0.1) is 15.3 Å². The van der Waals surface area contributed by atoms with E-state index >= 15 is 0 Å². The van der Waals surface area contributed by atoms with Crippen LogP contribution in [-0.4, -0.2) is 42.1 Å². The van der Waals surface area contributed by atoms with Crippen LogP contribution in [0.3, 0.4) is 0 Å². The topological polar surface area (TPSA) is 99.2 Å². The highest BCUT2D eigenvalue weighted by Crippen LogP contribution is 2.40. The molecule has 0 fully saturated rings. The van der Waals surface area contributed by atoms with E-state index in [2.05, 4.69) is 32.3 Å². The summed E-state index contributed by atoms with van der Waals surface area (Å²) in [7, 11) is 0. The molecule has 0 aliphatic carbocycles. The molecule has 4 aromatic rings. The van der Waals surface area contributed by atoms with Crippen LogP contribution >= 0.6 is 0 Å². The van der Waals surface area contributed by atoms with Crippen molar-refractivity contribution >= 4 is 17.4 Å². The fraction of sp³-hybridized carbons (Fsp3) is 0.190. The van der Waals surface area contributed by atoms with E-state index < -0.39 is 0 Å². The molecule has 5 rings (SSSR count). The van der Waals surface area contributed by atoms with E-state index in [1.807, 2.05) is 37.3 Å². The van der Waals surface area contributed by atoms with Gasteiger partial charge in [0.15, 0.2) is 11.5 Å². The predicted octanol–water partition coefficient (Wildman–Crippen LogP) is 2.66. The number of hydrogen-bond acceptors (Lipinski definition) is 6. The number of carbonyl (C=O) groups is 1. The number of aromatic nitrogens is 6. The first kappa shape index (κ1) is 18.0. The number of carbonyl (C=O) groups excluding carboxylic acids is 1. The highest BCUT2D eigenvalue weighted by Gasteiger charge is 2.33. The molecule has 0 saturated carbocycles. The molecule has 1 aliphatic rings. The monoisotopic (exact) mass is 401 g/mol. The molecule has 1 N–H and O–H groups in total. The third-order valence-electron chi connectivity index (χ3n) is 5.12. The maximum absolute atomic E-state index is 12.5. The summed E-state index contributed by atoms with van der Waals surface area (Å²) >= 11 is 0. The van der Waals surface area contributed by atoms with E-state index in [4.69, 9.17) is 4.74 Å². The molecule has 9 heteroatoms. The van der Waals surface area contributed by atoms with Crippen molar-refractivity contribution in [2.24, 2.45) is 0 Å². The second-order valence-corrected chi connectivity index (χ2v) is 7.06. The molecule has 1 amide bonds. The molecule has 0 bridgehead atoms. The standard InChI is InChI=1S/C21H19N7O2/c1-3-10-30-15-6-4-14(5-7-15)16-11-19(29)23-21-20(16)13(2)25-28(21)18-9-8-17-24-22-12-27(17)26-18/h3-9,12,16H,1,10-11H2,2H3,(H,23,29). The maximum Gasteiger partial charge on any atom is 0.226 e. The highest BCUT2D eigenvalue weighted by atomic mass is 16.5. The van der Waals surface area contributed by atoms with Crippen molar-refractivity contribution in [2.75, 3.05) is 11.9 Å². The van der Waals surface area contributed by atoms with Gasteiger partial charge in [0.2, 0.25) is 5.91 Å². The van der Waals surface area contributed by atoms with Gasteiger partial charge in [0.25, 0.3) is 0 Å². The minimum Gasteiger partial charge on any atom is -0.490 e. The Balaban J connectivity index is 1.56. The lowest BCUT2D eigenvalue weighted by molar-refractivity contribution is -0.116. The molecule has 1 atom stereocenters. The molecule has 0 radical (unpaired) electrons. The van der Waals surface area contributed by atoms with Crippen LogP contribution in [0.5, 0.6) is 5.75 Å². The number of nitrogens with zero attached hydrogens (tertiary/aromatic N) is 6. The van der Waals surface area contributed by atoms with E-state index in [9.17, 15) is 4.79 Å². The molecule has 3 aromatic heterocycles. The van der Waals surface area contributed by atoms with Crippen LogP contribution in [-0.2, 0) is 4.79 Å². The number of amides is 1. The third-order valence-corrected chi connectivity index (χ3v) is 5.12. The Morgan fingerprint density at radius 3 is 2.87 bits per heavy atom. The normalized spacial score (nSPS) is 15.6. The molecule has 1 aliphatic heterocycles. The van der Waals surface area contributed by atoms with Gasteiger partial charge in [-0.2, -0.15) is 14.3 Å². The molecule has 0 spiro atoms. The molecule has 9 nitrogen and oxygen atoms in total. The van der Waals surface area contributed by atoms with Crippen molar-refractivity contribution in [2.45, 2.75) is 19.3 Å². The molecule has 30 heavy (non-hydrogen) atoms. The quantitative estimate of drug-likeness (QED) is 0.516. The molecule has 150 valence electrons. The van der Waals surface area contributed by atoms with E-state index in [0.29, 0.717) is 30.3 Å². The Hall–Kier alpha value is -4.01. The van der Waals surface area contributed by atoms with E-state index in [1.165, 1.54) is 6.33 Å². The Labute approximate surface area is 172 Å². The van der Waals surface area contributed by atoms with E-state index in [0.717, 1.165) is 22.6 Å². The Morgan fingerprint density at radius 1 is 1.23 bits per heavy atom. The summed E-state index contributed by atoms with van der Waals surface area (Å²) in [6, 6.07) is 11.4. The van der Waals surface area contributed by atoms with Gasteiger partial charge >= 0.3 is 0 Å². The van der Waals surface area contributed by atoms with Gasteiger partial charge in [0.1, 0.15) is 24.5 Å². The lowest BCUT2D eigenvalue weighted by atomic mass is 9.86. The lowest BCUT2D eigenvalue weighted by Gasteiger charge is -2.24. The van der Waals surface area contributed by atoms with Gasteiger partial charge in [-0.05, 0) is 36.8 Å². The fourth-order valence-corrected chi connectivity index (χ4v) is 3.78. The van der Waals surface area contributed by atoms with Gasteiger partial charge in [0, 0.05) is 17.9 Å². The summed E-state index contributed by atoms with van der Waals surface area (Å²) in [5.41, 5.74) is 3.49. The first-order valence-corrected chi connectivity index (χ1v) is 9.54. The number of rotatable bonds is 5. The number of aryl methyl sites for hydroxylation is 1. The van der Waals surface area contributed by atoms with Crippen LogP contribution in [0, 0.1) is 6.92 Å². The summed E-state index contributed by atoms with van der Waals surface area (Å²) in [6.45, 7) is 6.05. The zero-order chi connectivity index (χ0) is 20.7. The molecular weight excluding hydrogens is 382 g/mol. The summed E-state index contributed by atoms with van der Waals surface area (Å²) in [6.07, 6.45) is 3.58. The number of anilines is 1. The SMILES string of the molecule is C=CCOc1ccc(C2CC(=O)Nc3c2c(C)nn3-c2ccc3nncn3n2)cc1. The average Bonchev–Trinajstić information content (AvgIpc) is 3.36. The third kappa shape index (κ3) is 3.00. The van der Waals surface area contributed by atoms with Crippen molar-refractivity contribution in [1.82, 2.24) is 29.6 Å². The van der Waals surface area contributed by atoms with Gasteiger partial charge in [-0.25, -0.2) is 0 Å². The van der Waals surface area contributed by atoms with Crippen LogP contribution in [0.2, 0.25) is 0 Å². The van der Waals surface area contributed by atoms with Crippen molar-refractivity contribution < 1.29 is 9.53 Å². The van der Waals surface area contributed by atoms with E-state index in [-0.39, 0.29) is 11.8 Å². The molecular formula is C21H19N7O2. The highest BCUT2D eigenvalue weighted by molar-refractivity contribution is 5.95. The second kappa shape index (κ2) is 7.11. The molecule has 1 aromatic carbocycles. The second-order valence-electron chi connectivity index (χ2n) is 7.06. The van der Waals surface area contributed by atoms with Gasteiger partial charge < -0.3 is 10.1 Å². The minimum atomic E-state index is -0.102. The first-order chi connectivity index (χ1) is 14.6. The van der Waals surface area contributed by atoms with Crippen LogP contribution in [0.15, 0.2) is 55.4 Å². The van der Waals surface area contributed by atoms with Crippen molar-refractivity contribution in [1.29, 1.82) is 0 Å². The smallest absolute Gasteiger partial charge is 0.226 e. The van der Waals surface area contributed by atoms with Crippen LogP contribution in [0.25, 0.3) is 11.5 Å².